The van der Waals surface area contributed by atoms with Crippen molar-refractivity contribution in [1.29, 1.82) is 0 Å². The van der Waals surface area contributed by atoms with E-state index in [1.165, 1.54) is 4.68 Å². The molecule has 2 aromatic rings. The first-order valence-electron chi connectivity index (χ1n) is 7.89. The van der Waals surface area contributed by atoms with Crippen molar-refractivity contribution in [3.63, 3.8) is 0 Å². The summed E-state index contributed by atoms with van der Waals surface area (Å²) in [6.45, 7) is 5.65. The van der Waals surface area contributed by atoms with E-state index in [0.717, 1.165) is 17.7 Å². The maximum absolute atomic E-state index is 12.1. The fourth-order valence-electron chi connectivity index (χ4n) is 2.17. The summed E-state index contributed by atoms with van der Waals surface area (Å²) in [5.74, 6) is 1.43. The molecule has 0 bridgehead atoms. The Balaban J connectivity index is 2.14. The first kappa shape index (κ1) is 18.3. The van der Waals surface area contributed by atoms with Crippen LogP contribution in [0.4, 0.5) is 5.69 Å². The molecule has 130 valence electrons. The van der Waals surface area contributed by atoms with Crippen LogP contribution in [0.2, 0.25) is 0 Å². The summed E-state index contributed by atoms with van der Waals surface area (Å²) in [6.07, 6.45) is 2.57. The predicted octanol–water partition coefficient (Wildman–Crippen LogP) is 3.44. The Labute approximate surface area is 149 Å². The van der Waals surface area contributed by atoms with Crippen LogP contribution in [0.15, 0.2) is 33.7 Å². The number of methoxy groups -OCH3 is 1. The highest BCUT2D eigenvalue weighted by atomic mass is 79.9. The van der Waals surface area contributed by atoms with Crippen LogP contribution in [0.3, 0.4) is 0 Å². The van der Waals surface area contributed by atoms with Gasteiger partial charge in [-0.2, -0.15) is 5.10 Å². The lowest BCUT2D eigenvalue weighted by Gasteiger charge is -2.13. The van der Waals surface area contributed by atoms with E-state index in [4.69, 9.17) is 9.47 Å². The van der Waals surface area contributed by atoms with Crippen LogP contribution in [0.5, 0.6) is 11.5 Å². The highest BCUT2D eigenvalue weighted by molar-refractivity contribution is 9.10. The number of halogens is 1. The SMILES string of the molecule is CCCOc1cc(CNc2cnn(CC)c(=O)c2Br)ccc1OC. The van der Waals surface area contributed by atoms with Gasteiger partial charge in [0.1, 0.15) is 4.47 Å². The van der Waals surface area contributed by atoms with E-state index in [2.05, 4.69) is 33.3 Å². The Morgan fingerprint density at radius 1 is 1.29 bits per heavy atom. The Kier molecular flexibility index (Phi) is 6.66. The lowest BCUT2D eigenvalue weighted by Crippen LogP contribution is -2.23. The summed E-state index contributed by atoms with van der Waals surface area (Å²) in [7, 11) is 1.62. The quantitative estimate of drug-likeness (QED) is 0.741. The molecule has 6 nitrogen and oxygen atoms in total. The molecule has 0 atom stereocenters. The molecule has 1 aromatic carbocycles. The van der Waals surface area contributed by atoms with Gasteiger partial charge < -0.3 is 14.8 Å². The van der Waals surface area contributed by atoms with Crippen molar-refractivity contribution < 1.29 is 9.47 Å². The number of nitrogens with zero attached hydrogens (tertiary/aromatic N) is 2. The number of rotatable bonds is 8. The van der Waals surface area contributed by atoms with E-state index in [1.807, 2.05) is 25.1 Å². The fourth-order valence-corrected chi connectivity index (χ4v) is 2.61. The van der Waals surface area contributed by atoms with Crippen LogP contribution in [0, 0.1) is 0 Å². The average molecular weight is 396 g/mol. The minimum absolute atomic E-state index is 0.149. The number of anilines is 1. The van der Waals surface area contributed by atoms with Gasteiger partial charge in [0.2, 0.25) is 0 Å². The average Bonchev–Trinajstić information content (AvgIpc) is 2.61. The summed E-state index contributed by atoms with van der Waals surface area (Å²) in [5, 5.41) is 7.35. The van der Waals surface area contributed by atoms with E-state index in [0.29, 0.717) is 35.6 Å². The zero-order valence-corrected chi connectivity index (χ0v) is 15.7. The molecule has 0 aliphatic carbocycles. The molecule has 1 heterocycles. The van der Waals surface area contributed by atoms with Gasteiger partial charge in [0.15, 0.2) is 11.5 Å². The number of hydrogen-bond acceptors (Lipinski definition) is 5. The second-order valence-corrected chi connectivity index (χ2v) is 5.97. The standard InChI is InChI=1S/C17H22BrN3O3/c1-4-8-24-15-9-12(6-7-14(15)23-3)10-19-13-11-20-21(5-2)17(22)16(13)18/h6-7,9,11,19H,4-5,8,10H2,1-3H3. The first-order chi connectivity index (χ1) is 11.6. The van der Waals surface area contributed by atoms with Crippen molar-refractivity contribution >= 4 is 21.6 Å². The van der Waals surface area contributed by atoms with Crippen molar-refractivity contribution in [3.8, 4) is 11.5 Å². The van der Waals surface area contributed by atoms with Crippen molar-refractivity contribution in [2.75, 3.05) is 19.0 Å². The molecule has 7 heteroatoms. The van der Waals surface area contributed by atoms with E-state index < -0.39 is 0 Å². The molecule has 1 N–H and O–H groups in total. The fraction of sp³-hybridized carbons (Fsp3) is 0.412. The molecule has 24 heavy (non-hydrogen) atoms. The van der Waals surface area contributed by atoms with Gasteiger partial charge in [-0.05, 0) is 47.0 Å². The zero-order chi connectivity index (χ0) is 17.5. The van der Waals surface area contributed by atoms with Gasteiger partial charge in [0.05, 0.1) is 25.6 Å². The number of benzene rings is 1. The topological polar surface area (TPSA) is 65.4 Å². The molecule has 0 aliphatic heterocycles. The van der Waals surface area contributed by atoms with Crippen LogP contribution >= 0.6 is 15.9 Å². The highest BCUT2D eigenvalue weighted by Gasteiger charge is 2.09. The minimum Gasteiger partial charge on any atom is -0.493 e. The van der Waals surface area contributed by atoms with Gasteiger partial charge in [0.25, 0.3) is 5.56 Å². The summed E-state index contributed by atoms with van der Waals surface area (Å²) in [4.78, 5) is 12.1. The minimum atomic E-state index is -0.149. The largest absolute Gasteiger partial charge is 0.493 e. The summed E-state index contributed by atoms with van der Waals surface area (Å²) < 4.78 is 12.9. The van der Waals surface area contributed by atoms with Crippen LogP contribution in [-0.2, 0) is 13.1 Å². The second-order valence-electron chi connectivity index (χ2n) is 5.18. The van der Waals surface area contributed by atoms with Gasteiger partial charge in [-0.15, -0.1) is 0 Å². The summed E-state index contributed by atoms with van der Waals surface area (Å²) in [5.41, 5.74) is 1.54. The van der Waals surface area contributed by atoms with E-state index >= 15 is 0 Å². The number of nitrogens with one attached hydrogen (secondary N) is 1. The molecule has 0 spiro atoms. The Morgan fingerprint density at radius 2 is 2.08 bits per heavy atom. The summed E-state index contributed by atoms with van der Waals surface area (Å²) in [6, 6.07) is 5.78. The van der Waals surface area contributed by atoms with Crippen molar-refractivity contribution in [2.24, 2.45) is 0 Å². The first-order valence-corrected chi connectivity index (χ1v) is 8.69. The molecule has 0 unspecified atom stereocenters. The lowest BCUT2D eigenvalue weighted by atomic mass is 10.2. The van der Waals surface area contributed by atoms with E-state index in [1.54, 1.807) is 13.3 Å². The monoisotopic (exact) mass is 395 g/mol. The third-order valence-electron chi connectivity index (χ3n) is 3.46. The molecule has 0 radical (unpaired) electrons. The normalized spacial score (nSPS) is 10.5. The zero-order valence-electron chi connectivity index (χ0n) is 14.1. The lowest BCUT2D eigenvalue weighted by molar-refractivity contribution is 0.294. The molecule has 0 amide bonds. The van der Waals surface area contributed by atoms with E-state index in [-0.39, 0.29) is 5.56 Å². The number of hydrogen-bond donors (Lipinski definition) is 1. The van der Waals surface area contributed by atoms with Crippen molar-refractivity contribution in [2.45, 2.75) is 33.4 Å². The number of aryl methyl sites for hydroxylation is 1. The van der Waals surface area contributed by atoms with Crippen LogP contribution in [-0.4, -0.2) is 23.5 Å². The maximum Gasteiger partial charge on any atom is 0.283 e. The third kappa shape index (κ3) is 4.29. The van der Waals surface area contributed by atoms with E-state index in [9.17, 15) is 4.79 Å². The van der Waals surface area contributed by atoms with Crippen LogP contribution in [0.25, 0.3) is 0 Å². The van der Waals surface area contributed by atoms with Gasteiger partial charge in [-0.25, -0.2) is 4.68 Å². The Hall–Kier alpha value is -2.02. The predicted molar refractivity (Wildman–Crippen MR) is 98.0 cm³/mol. The van der Waals surface area contributed by atoms with Gasteiger partial charge in [0, 0.05) is 13.1 Å². The molecular weight excluding hydrogens is 374 g/mol. The smallest absolute Gasteiger partial charge is 0.283 e. The number of ether oxygens (including phenoxy) is 2. The van der Waals surface area contributed by atoms with Crippen LogP contribution in [0.1, 0.15) is 25.8 Å². The second kappa shape index (κ2) is 8.73. The van der Waals surface area contributed by atoms with Gasteiger partial charge in [-0.1, -0.05) is 13.0 Å². The Bertz CT molecular complexity index is 746. The summed E-state index contributed by atoms with van der Waals surface area (Å²) >= 11 is 3.34. The third-order valence-corrected chi connectivity index (χ3v) is 4.22. The molecule has 0 fully saturated rings. The van der Waals surface area contributed by atoms with Crippen molar-refractivity contribution in [1.82, 2.24) is 9.78 Å². The molecular formula is C17H22BrN3O3. The number of aromatic nitrogens is 2. The highest BCUT2D eigenvalue weighted by Crippen LogP contribution is 2.28. The molecule has 2 rings (SSSR count). The molecule has 0 saturated carbocycles. The van der Waals surface area contributed by atoms with Gasteiger partial charge >= 0.3 is 0 Å². The molecule has 1 aromatic heterocycles. The van der Waals surface area contributed by atoms with Crippen LogP contribution < -0.4 is 20.3 Å². The maximum atomic E-state index is 12.1. The molecule has 0 saturated heterocycles. The Morgan fingerprint density at radius 3 is 2.75 bits per heavy atom. The molecule has 0 aliphatic rings. The van der Waals surface area contributed by atoms with Crippen molar-refractivity contribution in [3.05, 3.63) is 44.8 Å². The van der Waals surface area contributed by atoms with Gasteiger partial charge in [-0.3, -0.25) is 4.79 Å².